The molecule has 0 aromatic carbocycles. The van der Waals surface area contributed by atoms with Crippen LogP contribution in [0.25, 0.3) is 0 Å². The van der Waals surface area contributed by atoms with Gasteiger partial charge >= 0.3 is 0 Å². The number of allylic oxidation sites excluding steroid dienone is 1. The fraction of sp³-hybridized carbons (Fsp3) is 0.938. The molecule has 0 N–H and O–H groups in total. The van der Waals surface area contributed by atoms with Crippen molar-refractivity contribution in [1.82, 2.24) is 0 Å². The van der Waals surface area contributed by atoms with E-state index >= 15 is 0 Å². The van der Waals surface area contributed by atoms with E-state index in [0.717, 1.165) is 35.5 Å². The molecule has 0 radical (unpaired) electrons. The van der Waals surface area contributed by atoms with E-state index in [1.807, 2.05) is 7.11 Å². The lowest BCUT2D eigenvalue weighted by Crippen LogP contribution is -2.65. The first-order valence-corrected chi connectivity index (χ1v) is 14.6. The van der Waals surface area contributed by atoms with Crippen LogP contribution in [0.5, 0.6) is 0 Å². The number of methoxy groups -OCH3 is 1. The predicted octanol–water partition coefficient (Wildman–Crippen LogP) is 9.27. The Morgan fingerprint density at radius 2 is 1.52 bits per heavy atom. The van der Waals surface area contributed by atoms with Gasteiger partial charge in [-0.2, -0.15) is 0 Å². The monoisotopic (exact) mass is 454 g/mol. The second-order valence-electron chi connectivity index (χ2n) is 15.4. The molecule has 0 saturated heterocycles. The molecule has 9 atom stereocenters. The first kappa shape index (κ1) is 24.2. The van der Waals surface area contributed by atoms with Crippen LogP contribution in [0.4, 0.5) is 0 Å². The SMILES string of the molecule is CO/C=C1\CCC(C)(C)[C@@H]2CC[C@]3(C)[C@H](CC[C@@H]4[C@H]5[C@H](C(C)C)CC[C@]5(C)CC[C@]43C)[C@@]12C. The molecule has 33 heavy (non-hydrogen) atoms. The van der Waals surface area contributed by atoms with Crippen LogP contribution in [0, 0.1) is 62.6 Å². The highest BCUT2D eigenvalue weighted by Gasteiger charge is 2.70. The maximum absolute atomic E-state index is 5.76. The van der Waals surface area contributed by atoms with E-state index in [0.29, 0.717) is 27.1 Å². The van der Waals surface area contributed by atoms with Crippen LogP contribution in [0.15, 0.2) is 11.8 Å². The summed E-state index contributed by atoms with van der Waals surface area (Å²) in [5.74, 6) is 5.27. The molecule has 0 aromatic heterocycles. The summed E-state index contributed by atoms with van der Waals surface area (Å²) in [5.41, 5.74) is 3.94. The molecule has 5 aliphatic carbocycles. The van der Waals surface area contributed by atoms with Crippen LogP contribution in [0.3, 0.4) is 0 Å². The molecule has 0 unspecified atom stereocenters. The van der Waals surface area contributed by atoms with E-state index < -0.39 is 0 Å². The number of hydrogen-bond acceptors (Lipinski definition) is 1. The average molecular weight is 455 g/mol. The standard InChI is InChI=1S/C32H54O/c1-21(2)23-13-16-29(5)18-19-30(6)24(27(23)29)10-11-26-31(30,7)17-14-25-28(3,4)15-12-22(20-33-9)32(25,26)8/h20-21,23-27H,10-19H2,1-9H3/b22-20+/t23-,24+,25-,26-,27+,29+,30+,31+,32-/m0/s1. The predicted molar refractivity (Wildman–Crippen MR) is 140 cm³/mol. The van der Waals surface area contributed by atoms with Gasteiger partial charge in [0, 0.05) is 0 Å². The Bertz CT molecular complexity index is 807. The van der Waals surface area contributed by atoms with Crippen molar-refractivity contribution in [2.45, 2.75) is 120 Å². The fourth-order valence-corrected chi connectivity index (χ4v) is 11.9. The molecule has 0 aliphatic heterocycles. The molecule has 1 nitrogen and oxygen atoms in total. The first-order valence-electron chi connectivity index (χ1n) is 14.6. The van der Waals surface area contributed by atoms with Gasteiger partial charge in [-0.25, -0.2) is 0 Å². The van der Waals surface area contributed by atoms with Crippen LogP contribution in [0.1, 0.15) is 120 Å². The van der Waals surface area contributed by atoms with E-state index in [2.05, 4.69) is 61.7 Å². The first-order chi connectivity index (χ1) is 15.3. The summed E-state index contributed by atoms with van der Waals surface area (Å²) in [5, 5.41) is 0. The minimum Gasteiger partial charge on any atom is -0.504 e. The molecule has 5 aliphatic rings. The Balaban J connectivity index is 1.58. The molecule has 0 spiro atoms. The van der Waals surface area contributed by atoms with Crippen LogP contribution < -0.4 is 0 Å². The van der Waals surface area contributed by atoms with Gasteiger partial charge in [0.25, 0.3) is 0 Å². The Morgan fingerprint density at radius 3 is 2.18 bits per heavy atom. The molecule has 0 amide bonds. The van der Waals surface area contributed by atoms with Gasteiger partial charge in [0.1, 0.15) is 0 Å². The zero-order valence-corrected chi connectivity index (χ0v) is 23.5. The molecule has 5 fully saturated rings. The molecule has 0 bridgehead atoms. The van der Waals surface area contributed by atoms with Crippen molar-refractivity contribution in [1.29, 1.82) is 0 Å². The van der Waals surface area contributed by atoms with Crippen molar-refractivity contribution in [3.63, 3.8) is 0 Å². The highest BCUT2D eigenvalue weighted by Crippen LogP contribution is 2.78. The van der Waals surface area contributed by atoms with Gasteiger partial charge in [0.2, 0.25) is 0 Å². The topological polar surface area (TPSA) is 9.23 Å². The Hall–Kier alpha value is -0.460. The quantitative estimate of drug-likeness (QED) is 0.378. The molecule has 0 aromatic rings. The summed E-state index contributed by atoms with van der Waals surface area (Å²) in [6.45, 7) is 21.1. The Labute approximate surface area is 205 Å². The highest BCUT2D eigenvalue weighted by molar-refractivity contribution is 5.27. The van der Waals surface area contributed by atoms with Gasteiger partial charge in [0.15, 0.2) is 0 Å². The van der Waals surface area contributed by atoms with Crippen molar-refractivity contribution < 1.29 is 4.74 Å². The summed E-state index contributed by atoms with van der Waals surface area (Å²) < 4.78 is 5.76. The van der Waals surface area contributed by atoms with E-state index in [-0.39, 0.29) is 0 Å². The normalized spacial score (nSPS) is 54.4. The van der Waals surface area contributed by atoms with Gasteiger partial charge in [-0.05, 0) is 132 Å². The second-order valence-corrected chi connectivity index (χ2v) is 15.4. The third kappa shape index (κ3) is 3.02. The van der Waals surface area contributed by atoms with E-state index in [4.69, 9.17) is 4.74 Å². The third-order valence-electron chi connectivity index (χ3n) is 13.8. The molecule has 1 heteroatoms. The highest BCUT2D eigenvalue weighted by atomic mass is 16.5. The number of hydrogen-bond donors (Lipinski definition) is 0. The van der Waals surface area contributed by atoms with Gasteiger partial charge in [-0.3, -0.25) is 0 Å². The summed E-state index contributed by atoms with van der Waals surface area (Å²) >= 11 is 0. The molecular weight excluding hydrogens is 400 g/mol. The largest absolute Gasteiger partial charge is 0.504 e. The Morgan fingerprint density at radius 1 is 0.788 bits per heavy atom. The van der Waals surface area contributed by atoms with Crippen LogP contribution >= 0.6 is 0 Å². The number of rotatable bonds is 2. The smallest absolute Gasteiger partial charge is 0.0822 e. The van der Waals surface area contributed by atoms with Gasteiger partial charge < -0.3 is 4.74 Å². The van der Waals surface area contributed by atoms with E-state index in [1.165, 1.54) is 64.2 Å². The zero-order chi connectivity index (χ0) is 24.0. The molecular formula is C32H54O. The minimum absolute atomic E-state index is 0.298. The fourth-order valence-electron chi connectivity index (χ4n) is 11.9. The van der Waals surface area contributed by atoms with Crippen molar-refractivity contribution >= 4 is 0 Å². The number of ether oxygens (including phenoxy) is 1. The average Bonchev–Trinajstić information content (AvgIpc) is 3.09. The lowest BCUT2D eigenvalue weighted by Gasteiger charge is -2.72. The van der Waals surface area contributed by atoms with Gasteiger partial charge in [0.05, 0.1) is 13.4 Å². The Kier molecular flexibility index (Phi) is 5.53. The molecule has 5 rings (SSSR count). The van der Waals surface area contributed by atoms with Crippen molar-refractivity contribution in [2.24, 2.45) is 62.6 Å². The summed E-state index contributed by atoms with van der Waals surface area (Å²) in [6.07, 6.45) is 16.4. The summed E-state index contributed by atoms with van der Waals surface area (Å²) in [4.78, 5) is 0. The van der Waals surface area contributed by atoms with Crippen molar-refractivity contribution in [3.8, 4) is 0 Å². The molecule has 5 saturated carbocycles. The zero-order valence-electron chi connectivity index (χ0n) is 23.5. The van der Waals surface area contributed by atoms with Crippen molar-refractivity contribution in [3.05, 3.63) is 11.8 Å². The van der Waals surface area contributed by atoms with Crippen LogP contribution in [-0.4, -0.2) is 7.11 Å². The lowest BCUT2D eigenvalue weighted by molar-refractivity contribution is -0.225. The molecule has 188 valence electrons. The van der Waals surface area contributed by atoms with E-state index in [9.17, 15) is 0 Å². The van der Waals surface area contributed by atoms with Gasteiger partial charge in [-0.15, -0.1) is 0 Å². The van der Waals surface area contributed by atoms with Crippen LogP contribution in [0.2, 0.25) is 0 Å². The minimum atomic E-state index is 0.298. The third-order valence-corrected chi connectivity index (χ3v) is 13.8. The lowest BCUT2D eigenvalue weighted by atomic mass is 9.32. The maximum Gasteiger partial charge on any atom is 0.0822 e. The van der Waals surface area contributed by atoms with E-state index in [1.54, 1.807) is 5.57 Å². The van der Waals surface area contributed by atoms with Crippen molar-refractivity contribution in [2.75, 3.05) is 7.11 Å². The maximum atomic E-state index is 5.76. The van der Waals surface area contributed by atoms with Crippen LogP contribution in [-0.2, 0) is 4.74 Å². The molecule has 0 heterocycles. The summed E-state index contributed by atoms with van der Waals surface area (Å²) in [7, 11) is 1.87. The van der Waals surface area contributed by atoms with Gasteiger partial charge in [-0.1, -0.05) is 55.4 Å². The summed E-state index contributed by atoms with van der Waals surface area (Å²) in [6, 6.07) is 0. The number of fused-ring (bicyclic) bond motifs is 7. The second kappa shape index (κ2) is 7.52.